The number of halogens is 1. The molecule has 100 valence electrons. The molecule has 0 saturated heterocycles. The van der Waals surface area contributed by atoms with Gasteiger partial charge in [0.25, 0.3) is 5.91 Å². The van der Waals surface area contributed by atoms with Crippen LogP contribution in [-0.2, 0) is 12.8 Å². The molecule has 0 unspecified atom stereocenters. The predicted octanol–water partition coefficient (Wildman–Crippen LogP) is 4.34. The number of hydrogen-bond acceptors (Lipinski definition) is 2. The second-order valence-electron chi connectivity index (χ2n) is 4.22. The summed E-state index contributed by atoms with van der Waals surface area (Å²) in [6.45, 7) is 2.06. The van der Waals surface area contributed by atoms with Gasteiger partial charge in [-0.3, -0.25) is 4.79 Å². The lowest BCUT2D eigenvalue weighted by molar-refractivity contribution is 0.103. The van der Waals surface area contributed by atoms with E-state index in [0.717, 1.165) is 29.0 Å². The van der Waals surface area contributed by atoms with Gasteiger partial charge in [0, 0.05) is 11.6 Å². The lowest BCUT2D eigenvalue weighted by Crippen LogP contribution is -2.11. The molecule has 0 bridgehead atoms. The number of aryl methyl sites for hydroxylation is 2. The van der Waals surface area contributed by atoms with Gasteiger partial charge in [0.05, 0.1) is 4.88 Å². The van der Waals surface area contributed by atoms with Crippen LogP contribution in [0.5, 0.6) is 0 Å². The van der Waals surface area contributed by atoms with Gasteiger partial charge in [-0.15, -0.1) is 22.9 Å². The van der Waals surface area contributed by atoms with Crippen LogP contribution in [0.4, 0.5) is 5.69 Å². The second kappa shape index (κ2) is 6.73. The maximum absolute atomic E-state index is 12.1. The van der Waals surface area contributed by atoms with Crippen molar-refractivity contribution < 1.29 is 4.79 Å². The SMILES string of the molecule is CCc1ccsc1C(=O)Nc1ccc(CCCl)cc1. The highest BCUT2D eigenvalue weighted by Gasteiger charge is 2.11. The van der Waals surface area contributed by atoms with Crippen molar-refractivity contribution in [1.29, 1.82) is 0 Å². The minimum atomic E-state index is -0.0306. The summed E-state index contributed by atoms with van der Waals surface area (Å²) < 4.78 is 0. The Labute approximate surface area is 122 Å². The molecule has 0 saturated carbocycles. The van der Waals surface area contributed by atoms with Crippen LogP contribution in [0.2, 0.25) is 0 Å². The summed E-state index contributed by atoms with van der Waals surface area (Å²) in [6.07, 6.45) is 1.72. The maximum atomic E-state index is 12.1. The second-order valence-corrected chi connectivity index (χ2v) is 5.51. The molecule has 0 radical (unpaired) electrons. The van der Waals surface area contributed by atoms with E-state index in [1.165, 1.54) is 16.9 Å². The van der Waals surface area contributed by atoms with Gasteiger partial charge in [0.15, 0.2) is 0 Å². The lowest BCUT2D eigenvalue weighted by atomic mass is 10.1. The highest BCUT2D eigenvalue weighted by Crippen LogP contribution is 2.19. The molecule has 2 rings (SSSR count). The molecule has 4 heteroatoms. The van der Waals surface area contributed by atoms with Crippen molar-refractivity contribution in [3.63, 3.8) is 0 Å². The smallest absolute Gasteiger partial charge is 0.266 e. The van der Waals surface area contributed by atoms with Crippen LogP contribution in [-0.4, -0.2) is 11.8 Å². The van der Waals surface area contributed by atoms with Gasteiger partial charge >= 0.3 is 0 Å². The third-order valence-electron chi connectivity index (χ3n) is 2.93. The standard InChI is InChI=1S/C15H16ClNOS/c1-2-12-8-10-19-14(12)15(18)17-13-5-3-11(4-6-13)7-9-16/h3-6,8,10H,2,7,9H2,1H3,(H,17,18). The predicted molar refractivity (Wildman–Crippen MR) is 82.5 cm³/mol. The molecular weight excluding hydrogens is 278 g/mol. The topological polar surface area (TPSA) is 29.1 Å². The van der Waals surface area contributed by atoms with Crippen molar-refractivity contribution in [3.05, 3.63) is 51.7 Å². The first kappa shape index (κ1) is 14.1. The molecule has 1 amide bonds. The maximum Gasteiger partial charge on any atom is 0.266 e. The number of thiophene rings is 1. The summed E-state index contributed by atoms with van der Waals surface area (Å²) in [4.78, 5) is 12.9. The molecule has 1 N–H and O–H groups in total. The first-order valence-electron chi connectivity index (χ1n) is 6.27. The van der Waals surface area contributed by atoms with Crippen molar-refractivity contribution in [1.82, 2.24) is 0 Å². The van der Waals surface area contributed by atoms with Crippen LogP contribution >= 0.6 is 22.9 Å². The zero-order valence-corrected chi connectivity index (χ0v) is 12.4. The van der Waals surface area contributed by atoms with Crippen molar-refractivity contribution >= 4 is 34.5 Å². The minimum absolute atomic E-state index is 0.0306. The fourth-order valence-electron chi connectivity index (χ4n) is 1.87. The van der Waals surface area contributed by atoms with Crippen molar-refractivity contribution in [2.45, 2.75) is 19.8 Å². The third kappa shape index (κ3) is 3.58. The zero-order chi connectivity index (χ0) is 13.7. The molecule has 19 heavy (non-hydrogen) atoms. The van der Waals surface area contributed by atoms with E-state index >= 15 is 0 Å². The van der Waals surface area contributed by atoms with Crippen LogP contribution in [0.25, 0.3) is 0 Å². The first-order valence-corrected chi connectivity index (χ1v) is 7.68. The van der Waals surface area contributed by atoms with Crippen LogP contribution in [0, 0.1) is 0 Å². The molecule has 0 aliphatic heterocycles. The van der Waals surface area contributed by atoms with Gasteiger partial charge < -0.3 is 5.32 Å². The number of rotatable bonds is 5. The molecule has 2 aromatic rings. The Hall–Kier alpha value is -1.32. The van der Waals surface area contributed by atoms with Crippen LogP contribution in [0.15, 0.2) is 35.7 Å². The number of anilines is 1. The molecule has 2 nitrogen and oxygen atoms in total. The number of benzene rings is 1. The first-order chi connectivity index (χ1) is 9.24. The highest BCUT2D eigenvalue weighted by molar-refractivity contribution is 7.12. The molecule has 1 aromatic carbocycles. The summed E-state index contributed by atoms with van der Waals surface area (Å²) in [5, 5.41) is 4.88. The van der Waals surface area contributed by atoms with Crippen molar-refractivity contribution in [2.75, 3.05) is 11.2 Å². The zero-order valence-electron chi connectivity index (χ0n) is 10.8. The Bertz CT molecular complexity index is 548. The van der Waals surface area contributed by atoms with Gasteiger partial charge in [-0.05, 0) is 47.5 Å². The molecule has 0 spiro atoms. The van der Waals surface area contributed by atoms with E-state index < -0.39 is 0 Å². The number of alkyl halides is 1. The Morgan fingerprint density at radius 3 is 2.63 bits per heavy atom. The van der Waals surface area contributed by atoms with Gasteiger partial charge in [0.2, 0.25) is 0 Å². The van der Waals surface area contributed by atoms with E-state index in [4.69, 9.17) is 11.6 Å². The molecule has 0 fully saturated rings. The number of nitrogens with one attached hydrogen (secondary N) is 1. The fraction of sp³-hybridized carbons (Fsp3) is 0.267. The average Bonchev–Trinajstić information content (AvgIpc) is 2.90. The summed E-state index contributed by atoms with van der Waals surface area (Å²) in [6, 6.07) is 9.82. The Balaban J connectivity index is 2.06. The highest BCUT2D eigenvalue weighted by atomic mass is 35.5. The Kier molecular flexibility index (Phi) is 5.00. The minimum Gasteiger partial charge on any atom is -0.321 e. The van der Waals surface area contributed by atoms with Gasteiger partial charge in [-0.1, -0.05) is 19.1 Å². The summed E-state index contributed by atoms with van der Waals surface area (Å²) in [5.41, 5.74) is 3.10. The van der Waals surface area contributed by atoms with Crippen molar-refractivity contribution in [3.8, 4) is 0 Å². The van der Waals surface area contributed by atoms with E-state index in [1.54, 1.807) is 0 Å². The largest absolute Gasteiger partial charge is 0.321 e. The van der Waals surface area contributed by atoms with Crippen LogP contribution in [0.3, 0.4) is 0 Å². The fourth-order valence-corrected chi connectivity index (χ4v) is 2.97. The van der Waals surface area contributed by atoms with E-state index in [1.807, 2.05) is 35.7 Å². The van der Waals surface area contributed by atoms with Crippen LogP contribution < -0.4 is 5.32 Å². The molecule has 1 heterocycles. The van der Waals surface area contributed by atoms with Gasteiger partial charge in [-0.2, -0.15) is 0 Å². The number of hydrogen-bond donors (Lipinski definition) is 1. The van der Waals surface area contributed by atoms with E-state index in [-0.39, 0.29) is 5.91 Å². The molecular formula is C15H16ClNOS. The summed E-state index contributed by atoms with van der Waals surface area (Å²) in [5.74, 6) is 0.581. The number of amides is 1. The Morgan fingerprint density at radius 1 is 1.26 bits per heavy atom. The molecule has 1 aromatic heterocycles. The van der Waals surface area contributed by atoms with Gasteiger partial charge in [0.1, 0.15) is 0 Å². The lowest BCUT2D eigenvalue weighted by Gasteiger charge is -2.06. The van der Waals surface area contributed by atoms with Crippen molar-refractivity contribution in [2.24, 2.45) is 0 Å². The number of carbonyl (C=O) groups is 1. The van der Waals surface area contributed by atoms with E-state index in [0.29, 0.717) is 5.88 Å². The average molecular weight is 294 g/mol. The summed E-state index contributed by atoms with van der Waals surface area (Å²) in [7, 11) is 0. The third-order valence-corrected chi connectivity index (χ3v) is 4.07. The summed E-state index contributed by atoms with van der Waals surface area (Å²) >= 11 is 7.18. The molecule has 0 aliphatic rings. The monoisotopic (exact) mass is 293 g/mol. The van der Waals surface area contributed by atoms with Gasteiger partial charge in [-0.25, -0.2) is 0 Å². The quantitative estimate of drug-likeness (QED) is 0.816. The normalized spacial score (nSPS) is 10.4. The Morgan fingerprint density at radius 2 is 2.00 bits per heavy atom. The van der Waals surface area contributed by atoms with E-state index in [2.05, 4.69) is 12.2 Å². The van der Waals surface area contributed by atoms with E-state index in [9.17, 15) is 4.79 Å². The molecule has 0 aliphatic carbocycles. The van der Waals surface area contributed by atoms with Crippen LogP contribution in [0.1, 0.15) is 27.7 Å². The molecule has 0 atom stereocenters. The number of carbonyl (C=O) groups excluding carboxylic acids is 1.